The molecule has 0 aliphatic rings. The quantitative estimate of drug-likeness (QED) is 0.120. The van der Waals surface area contributed by atoms with Crippen molar-refractivity contribution in [3.8, 4) is 0 Å². The summed E-state index contributed by atoms with van der Waals surface area (Å²) in [5.74, 6) is -0.0572. The Kier molecular flexibility index (Phi) is 23.6. The molecule has 0 aliphatic carbocycles. The summed E-state index contributed by atoms with van der Waals surface area (Å²) in [6.45, 7) is 4.29. The maximum atomic E-state index is 12.3. The van der Waals surface area contributed by atoms with E-state index in [-0.39, 0.29) is 18.7 Å². The van der Waals surface area contributed by atoms with Crippen molar-refractivity contribution in [3.05, 3.63) is 0 Å². The van der Waals surface area contributed by atoms with E-state index in [1.807, 2.05) is 0 Å². The molecule has 0 radical (unpaired) electrons. The van der Waals surface area contributed by atoms with Crippen molar-refractivity contribution in [2.45, 2.75) is 161 Å². The topological polar surface area (TPSA) is 66.8 Å². The molecule has 186 valence electrons. The minimum atomic E-state index is -0.656. The lowest BCUT2D eigenvalue weighted by atomic mass is 10.0. The molecule has 2 N–H and O–H groups in total. The molecule has 0 aromatic rings. The van der Waals surface area contributed by atoms with Crippen LogP contribution in [0.2, 0.25) is 0 Å². The lowest BCUT2D eigenvalue weighted by molar-refractivity contribution is -0.150. The summed E-state index contributed by atoms with van der Waals surface area (Å²) in [7, 11) is 0. The maximum absolute atomic E-state index is 12.3. The Bertz CT molecular complexity index is 372. The van der Waals surface area contributed by atoms with E-state index in [4.69, 9.17) is 9.84 Å². The molecule has 4 nitrogen and oxygen atoms in total. The largest absolute Gasteiger partial charge is 0.462 e. The molecule has 4 heteroatoms. The number of hydrogen-bond acceptors (Lipinski definition) is 4. The summed E-state index contributed by atoms with van der Waals surface area (Å²) in [4.78, 5) is 12.3. The van der Waals surface area contributed by atoms with Gasteiger partial charge in [-0.15, -0.1) is 0 Å². The van der Waals surface area contributed by atoms with Gasteiger partial charge in [0.05, 0.1) is 12.7 Å². The average Bonchev–Trinajstić information content (AvgIpc) is 2.77. The SMILES string of the molecule is CCCCCCCCCCCCC(=O)OC(CCCCCCCC)CCC[C@H](O)CO. The van der Waals surface area contributed by atoms with Gasteiger partial charge in [0.15, 0.2) is 0 Å². The van der Waals surface area contributed by atoms with Crippen LogP contribution in [-0.2, 0) is 9.53 Å². The Hall–Kier alpha value is -0.610. The lowest BCUT2D eigenvalue weighted by Crippen LogP contribution is -2.20. The van der Waals surface area contributed by atoms with Crippen LogP contribution in [0.25, 0.3) is 0 Å². The maximum Gasteiger partial charge on any atom is 0.306 e. The Labute approximate surface area is 193 Å². The van der Waals surface area contributed by atoms with E-state index >= 15 is 0 Å². The molecule has 0 fully saturated rings. The zero-order valence-corrected chi connectivity index (χ0v) is 20.9. The van der Waals surface area contributed by atoms with Crippen LogP contribution in [0.4, 0.5) is 0 Å². The molecule has 2 atom stereocenters. The van der Waals surface area contributed by atoms with E-state index in [1.54, 1.807) is 0 Å². The molecule has 0 amide bonds. The summed E-state index contributed by atoms with van der Waals surface area (Å²) >= 11 is 0. The second kappa shape index (κ2) is 24.0. The highest BCUT2D eigenvalue weighted by molar-refractivity contribution is 5.69. The molecular formula is C27H54O4. The van der Waals surface area contributed by atoms with Gasteiger partial charge in [-0.1, -0.05) is 104 Å². The number of carbonyl (C=O) groups excluding carboxylic acids is 1. The fourth-order valence-corrected chi connectivity index (χ4v) is 4.09. The van der Waals surface area contributed by atoms with Crippen molar-refractivity contribution >= 4 is 5.97 Å². The van der Waals surface area contributed by atoms with Crippen LogP contribution in [0.15, 0.2) is 0 Å². The third-order valence-corrected chi connectivity index (χ3v) is 6.19. The predicted octanol–water partition coefficient (Wildman–Crippen LogP) is 7.48. The van der Waals surface area contributed by atoms with Gasteiger partial charge in [0.1, 0.15) is 6.10 Å². The van der Waals surface area contributed by atoms with Gasteiger partial charge in [-0.05, 0) is 38.5 Å². The van der Waals surface area contributed by atoms with Gasteiger partial charge in [0, 0.05) is 6.42 Å². The van der Waals surface area contributed by atoms with Crippen LogP contribution in [0.5, 0.6) is 0 Å². The van der Waals surface area contributed by atoms with Crippen LogP contribution in [-0.4, -0.2) is 35.0 Å². The zero-order valence-electron chi connectivity index (χ0n) is 20.9. The van der Waals surface area contributed by atoms with Crippen LogP contribution in [0.1, 0.15) is 149 Å². The fourth-order valence-electron chi connectivity index (χ4n) is 4.09. The van der Waals surface area contributed by atoms with Crippen LogP contribution < -0.4 is 0 Å². The van der Waals surface area contributed by atoms with Crippen LogP contribution in [0, 0.1) is 0 Å². The zero-order chi connectivity index (χ0) is 23.0. The third kappa shape index (κ3) is 22.4. The number of unbranched alkanes of at least 4 members (excludes halogenated alkanes) is 14. The molecule has 1 unspecified atom stereocenters. The van der Waals surface area contributed by atoms with Crippen molar-refractivity contribution in [2.75, 3.05) is 6.61 Å². The molecule has 0 aromatic heterocycles. The van der Waals surface area contributed by atoms with E-state index in [2.05, 4.69) is 13.8 Å². The minimum Gasteiger partial charge on any atom is -0.462 e. The third-order valence-electron chi connectivity index (χ3n) is 6.19. The van der Waals surface area contributed by atoms with Gasteiger partial charge in [-0.25, -0.2) is 0 Å². The highest BCUT2D eigenvalue weighted by Crippen LogP contribution is 2.18. The molecule has 0 bridgehead atoms. The summed E-state index contributed by atoms with van der Waals surface area (Å²) in [6, 6.07) is 0. The van der Waals surface area contributed by atoms with Crippen molar-refractivity contribution in [1.82, 2.24) is 0 Å². The van der Waals surface area contributed by atoms with Crippen molar-refractivity contribution in [3.63, 3.8) is 0 Å². The minimum absolute atomic E-state index is 0.0345. The van der Waals surface area contributed by atoms with Gasteiger partial charge >= 0.3 is 5.97 Å². The smallest absolute Gasteiger partial charge is 0.306 e. The van der Waals surface area contributed by atoms with E-state index in [0.29, 0.717) is 12.8 Å². The highest BCUT2D eigenvalue weighted by Gasteiger charge is 2.15. The van der Waals surface area contributed by atoms with Crippen LogP contribution >= 0.6 is 0 Å². The van der Waals surface area contributed by atoms with Crippen molar-refractivity contribution < 1.29 is 19.7 Å². The monoisotopic (exact) mass is 442 g/mol. The molecule has 0 saturated heterocycles. The first-order valence-electron chi connectivity index (χ1n) is 13.6. The Balaban J connectivity index is 3.93. The first-order chi connectivity index (χ1) is 15.1. The number of carbonyl (C=O) groups is 1. The summed E-state index contributed by atoms with van der Waals surface area (Å²) < 4.78 is 5.79. The first-order valence-corrected chi connectivity index (χ1v) is 13.6. The van der Waals surface area contributed by atoms with Crippen molar-refractivity contribution in [1.29, 1.82) is 0 Å². The van der Waals surface area contributed by atoms with Gasteiger partial charge in [0.2, 0.25) is 0 Å². The summed E-state index contributed by atoms with van der Waals surface area (Å²) in [5.41, 5.74) is 0. The molecule has 31 heavy (non-hydrogen) atoms. The highest BCUT2D eigenvalue weighted by atomic mass is 16.5. The van der Waals surface area contributed by atoms with Gasteiger partial charge in [0.25, 0.3) is 0 Å². The number of aliphatic hydroxyl groups is 2. The normalized spacial score (nSPS) is 13.3. The van der Waals surface area contributed by atoms with Crippen molar-refractivity contribution in [2.24, 2.45) is 0 Å². The Morgan fingerprint density at radius 2 is 1.10 bits per heavy atom. The number of ether oxygens (including phenoxy) is 1. The van der Waals surface area contributed by atoms with E-state index < -0.39 is 6.10 Å². The average molecular weight is 443 g/mol. The van der Waals surface area contributed by atoms with Gasteiger partial charge in [-0.2, -0.15) is 0 Å². The summed E-state index contributed by atoms with van der Waals surface area (Å²) in [5, 5.41) is 18.5. The molecule has 0 saturated carbocycles. The lowest BCUT2D eigenvalue weighted by Gasteiger charge is -2.19. The second-order valence-electron chi connectivity index (χ2n) is 9.37. The Morgan fingerprint density at radius 3 is 1.61 bits per heavy atom. The molecule has 0 rings (SSSR count). The first kappa shape index (κ1) is 30.4. The number of hydrogen-bond donors (Lipinski definition) is 2. The number of esters is 1. The molecule has 0 aliphatic heterocycles. The molecule has 0 spiro atoms. The second-order valence-corrected chi connectivity index (χ2v) is 9.37. The summed E-state index contributed by atoms with van der Waals surface area (Å²) in [6.07, 6.45) is 23.0. The molecule has 0 heterocycles. The van der Waals surface area contributed by atoms with E-state index in [0.717, 1.165) is 38.5 Å². The predicted molar refractivity (Wildman–Crippen MR) is 131 cm³/mol. The Morgan fingerprint density at radius 1 is 0.645 bits per heavy atom. The molecular weight excluding hydrogens is 388 g/mol. The molecule has 0 aromatic carbocycles. The fraction of sp³-hybridized carbons (Fsp3) is 0.963. The van der Waals surface area contributed by atoms with E-state index in [9.17, 15) is 9.90 Å². The number of aliphatic hydroxyl groups excluding tert-OH is 2. The van der Waals surface area contributed by atoms with Crippen LogP contribution in [0.3, 0.4) is 0 Å². The standard InChI is InChI=1S/C27H54O4/c1-3-5-7-9-11-12-13-14-16-18-23-27(30)31-26(22-19-20-25(29)24-28)21-17-15-10-8-6-4-2/h25-26,28-29H,3-24H2,1-2H3/t25-,26?/m0/s1. The van der Waals surface area contributed by atoms with E-state index in [1.165, 1.54) is 83.5 Å². The number of rotatable bonds is 24. The van der Waals surface area contributed by atoms with Gasteiger partial charge in [-0.3, -0.25) is 4.79 Å². The van der Waals surface area contributed by atoms with Gasteiger partial charge < -0.3 is 14.9 Å².